The van der Waals surface area contributed by atoms with Gasteiger partial charge in [0.05, 0.1) is 0 Å². The number of hydrogen-bond acceptors (Lipinski definition) is 2. The van der Waals surface area contributed by atoms with Crippen LogP contribution in [-0.2, 0) is 4.79 Å². The first-order chi connectivity index (χ1) is 10.6. The lowest BCUT2D eigenvalue weighted by molar-refractivity contribution is -0.130. The Morgan fingerprint density at radius 1 is 1.14 bits per heavy atom. The van der Waals surface area contributed by atoms with E-state index in [1.165, 1.54) is 0 Å². The minimum atomic E-state index is 0.0456. The van der Waals surface area contributed by atoms with E-state index < -0.39 is 0 Å². The van der Waals surface area contributed by atoms with Crippen LogP contribution in [0.5, 0.6) is 0 Å². The average molecular weight is 302 g/mol. The fourth-order valence-electron chi connectivity index (χ4n) is 2.87. The third-order valence-corrected chi connectivity index (χ3v) is 4.15. The van der Waals surface area contributed by atoms with E-state index in [0.717, 1.165) is 32.4 Å². The molecule has 0 unspecified atom stereocenters. The number of likely N-dealkylation sites (tertiary alicyclic amines) is 1. The Morgan fingerprint density at radius 3 is 2.36 bits per heavy atom. The smallest absolute Gasteiger partial charge is 0.254 e. The monoisotopic (exact) mass is 302 g/mol. The quantitative estimate of drug-likeness (QED) is 0.810. The van der Waals surface area contributed by atoms with Crippen LogP contribution in [0, 0.1) is 0 Å². The molecule has 1 heterocycles. The lowest BCUT2D eigenvalue weighted by atomic mass is 10.1. The summed E-state index contributed by atoms with van der Waals surface area (Å²) in [5, 5.41) is 0. The van der Waals surface area contributed by atoms with Gasteiger partial charge in [-0.05, 0) is 45.2 Å². The summed E-state index contributed by atoms with van der Waals surface area (Å²) in [6.07, 6.45) is 3.50. The average Bonchev–Trinajstić information content (AvgIpc) is 3.06. The fraction of sp³-hybridized carbons (Fsp3) is 0.556. The number of rotatable bonds is 6. The maximum Gasteiger partial charge on any atom is 0.254 e. The molecule has 2 rings (SSSR count). The summed E-state index contributed by atoms with van der Waals surface area (Å²) < 4.78 is 0. The maximum atomic E-state index is 12.5. The van der Waals surface area contributed by atoms with Crippen molar-refractivity contribution >= 4 is 11.8 Å². The van der Waals surface area contributed by atoms with Crippen molar-refractivity contribution < 1.29 is 9.59 Å². The zero-order chi connectivity index (χ0) is 15.9. The molecule has 2 amide bonds. The summed E-state index contributed by atoms with van der Waals surface area (Å²) >= 11 is 0. The summed E-state index contributed by atoms with van der Waals surface area (Å²) in [5.41, 5.74) is 0.710. The third-order valence-electron chi connectivity index (χ3n) is 4.15. The summed E-state index contributed by atoms with van der Waals surface area (Å²) in [6.45, 7) is 6.46. The van der Waals surface area contributed by atoms with Gasteiger partial charge in [0, 0.05) is 37.7 Å². The molecule has 4 nitrogen and oxygen atoms in total. The van der Waals surface area contributed by atoms with Crippen molar-refractivity contribution in [3.05, 3.63) is 35.9 Å². The van der Waals surface area contributed by atoms with Gasteiger partial charge in [-0.3, -0.25) is 9.59 Å². The Hall–Kier alpha value is -1.84. The number of hydrogen-bond donors (Lipinski definition) is 0. The van der Waals surface area contributed by atoms with Crippen molar-refractivity contribution in [2.75, 3.05) is 19.6 Å². The van der Waals surface area contributed by atoms with Gasteiger partial charge < -0.3 is 9.80 Å². The summed E-state index contributed by atoms with van der Waals surface area (Å²) in [5.74, 6) is 0.276. The van der Waals surface area contributed by atoms with Crippen molar-refractivity contribution in [1.82, 2.24) is 9.80 Å². The number of carbonyl (C=O) groups is 2. The molecule has 4 heteroatoms. The first kappa shape index (κ1) is 16.5. The first-order valence-electron chi connectivity index (χ1n) is 8.23. The molecule has 0 saturated carbocycles. The van der Waals surface area contributed by atoms with E-state index in [2.05, 4.69) is 0 Å². The van der Waals surface area contributed by atoms with Crippen LogP contribution in [0.15, 0.2) is 30.3 Å². The van der Waals surface area contributed by atoms with Crippen molar-refractivity contribution in [2.45, 2.75) is 45.6 Å². The summed E-state index contributed by atoms with van der Waals surface area (Å²) in [6, 6.07) is 9.48. The second kappa shape index (κ2) is 7.97. The predicted molar refractivity (Wildman–Crippen MR) is 87.7 cm³/mol. The van der Waals surface area contributed by atoms with Crippen LogP contribution in [-0.4, -0.2) is 47.3 Å². The Labute approximate surface area is 133 Å². The van der Waals surface area contributed by atoms with Crippen LogP contribution in [0.4, 0.5) is 0 Å². The van der Waals surface area contributed by atoms with Crippen LogP contribution in [0.3, 0.4) is 0 Å². The van der Waals surface area contributed by atoms with Crippen molar-refractivity contribution in [3.8, 4) is 0 Å². The third kappa shape index (κ3) is 4.33. The fourth-order valence-corrected chi connectivity index (χ4v) is 2.87. The molecule has 22 heavy (non-hydrogen) atoms. The molecule has 0 radical (unpaired) electrons. The van der Waals surface area contributed by atoms with Gasteiger partial charge in [-0.15, -0.1) is 0 Å². The summed E-state index contributed by atoms with van der Waals surface area (Å²) in [4.78, 5) is 28.4. The molecule has 1 aromatic rings. The van der Waals surface area contributed by atoms with E-state index in [1.807, 2.05) is 54.0 Å². The summed E-state index contributed by atoms with van der Waals surface area (Å²) in [7, 11) is 0. The highest BCUT2D eigenvalue weighted by Crippen LogP contribution is 2.13. The van der Waals surface area contributed by atoms with Gasteiger partial charge in [0.25, 0.3) is 5.91 Å². The molecule has 0 aliphatic carbocycles. The van der Waals surface area contributed by atoms with E-state index in [0.29, 0.717) is 18.5 Å². The largest absolute Gasteiger partial charge is 0.343 e. The normalized spacial score (nSPS) is 14.4. The lowest BCUT2D eigenvalue weighted by Gasteiger charge is -2.27. The Morgan fingerprint density at radius 2 is 1.77 bits per heavy atom. The standard InChI is InChI=1S/C18H26N2O2/c1-15(2)20(18(22)16-9-4-3-5-10-16)14-8-11-17(21)19-12-6-7-13-19/h3-5,9-10,15H,6-8,11-14H2,1-2H3. The molecule has 1 aromatic carbocycles. The zero-order valence-electron chi connectivity index (χ0n) is 13.6. The number of nitrogens with zero attached hydrogens (tertiary/aromatic N) is 2. The van der Waals surface area contributed by atoms with E-state index in [-0.39, 0.29) is 17.9 Å². The number of benzene rings is 1. The van der Waals surface area contributed by atoms with Gasteiger partial charge in [0.2, 0.25) is 5.91 Å². The molecule has 120 valence electrons. The van der Waals surface area contributed by atoms with Crippen LogP contribution in [0.25, 0.3) is 0 Å². The van der Waals surface area contributed by atoms with Crippen LogP contribution >= 0.6 is 0 Å². The van der Waals surface area contributed by atoms with Crippen LogP contribution in [0.2, 0.25) is 0 Å². The van der Waals surface area contributed by atoms with Crippen molar-refractivity contribution in [2.24, 2.45) is 0 Å². The van der Waals surface area contributed by atoms with E-state index >= 15 is 0 Å². The highest BCUT2D eigenvalue weighted by molar-refractivity contribution is 5.94. The maximum absolute atomic E-state index is 12.5. The SMILES string of the molecule is CC(C)N(CCCC(=O)N1CCCC1)C(=O)c1ccccc1. The van der Waals surface area contributed by atoms with Gasteiger partial charge in [-0.1, -0.05) is 18.2 Å². The highest BCUT2D eigenvalue weighted by atomic mass is 16.2. The predicted octanol–water partition coefficient (Wildman–Crippen LogP) is 2.94. The topological polar surface area (TPSA) is 40.6 Å². The molecule has 1 saturated heterocycles. The van der Waals surface area contributed by atoms with Crippen LogP contribution < -0.4 is 0 Å². The molecule has 1 fully saturated rings. The Balaban J connectivity index is 1.86. The van der Waals surface area contributed by atoms with Gasteiger partial charge in [0.15, 0.2) is 0 Å². The highest BCUT2D eigenvalue weighted by Gasteiger charge is 2.20. The Kier molecular flexibility index (Phi) is 5.99. The zero-order valence-corrected chi connectivity index (χ0v) is 13.6. The molecule has 0 atom stereocenters. The van der Waals surface area contributed by atoms with Gasteiger partial charge >= 0.3 is 0 Å². The minimum Gasteiger partial charge on any atom is -0.343 e. The second-order valence-corrected chi connectivity index (χ2v) is 6.15. The minimum absolute atomic E-state index is 0.0456. The van der Waals surface area contributed by atoms with Gasteiger partial charge in [0.1, 0.15) is 0 Å². The van der Waals surface area contributed by atoms with E-state index in [4.69, 9.17) is 0 Å². The van der Waals surface area contributed by atoms with Crippen molar-refractivity contribution in [3.63, 3.8) is 0 Å². The molecular formula is C18H26N2O2. The van der Waals surface area contributed by atoms with Crippen LogP contribution in [0.1, 0.15) is 49.9 Å². The lowest BCUT2D eigenvalue weighted by Crippen LogP contribution is -2.38. The molecule has 1 aliphatic rings. The van der Waals surface area contributed by atoms with Gasteiger partial charge in [-0.2, -0.15) is 0 Å². The van der Waals surface area contributed by atoms with E-state index in [1.54, 1.807) is 0 Å². The molecule has 0 spiro atoms. The van der Waals surface area contributed by atoms with E-state index in [9.17, 15) is 9.59 Å². The Bertz CT molecular complexity index is 493. The molecule has 1 aliphatic heterocycles. The molecular weight excluding hydrogens is 276 g/mol. The van der Waals surface area contributed by atoms with Crippen molar-refractivity contribution in [1.29, 1.82) is 0 Å². The molecule has 0 N–H and O–H groups in total. The number of carbonyl (C=O) groups excluding carboxylic acids is 2. The second-order valence-electron chi connectivity index (χ2n) is 6.15. The first-order valence-corrected chi connectivity index (χ1v) is 8.23. The number of amides is 2. The molecule has 0 bridgehead atoms. The molecule has 0 aromatic heterocycles. The van der Waals surface area contributed by atoms with Gasteiger partial charge in [-0.25, -0.2) is 0 Å².